The summed E-state index contributed by atoms with van der Waals surface area (Å²) in [6.45, 7) is 9.42. The topological polar surface area (TPSA) is 9.23 Å². The molecule has 0 N–H and O–H groups in total. The van der Waals surface area contributed by atoms with E-state index >= 15 is 0 Å². The summed E-state index contributed by atoms with van der Waals surface area (Å²) in [5.41, 5.74) is 4.36. The van der Waals surface area contributed by atoms with E-state index in [-0.39, 0.29) is 42.3 Å². The van der Waals surface area contributed by atoms with Gasteiger partial charge in [-0.2, -0.15) is 0 Å². The SMILES string of the molecule is COc1cccc([Si](c2ccccc2)(c2ccccc2)C2(C)C(C)=C(C)C(C)=[C]2[Ti+3])c1.[Cl-].[Cl-].[Cl-]. The summed E-state index contributed by atoms with van der Waals surface area (Å²) in [5, 5.41) is 4.15. The van der Waals surface area contributed by atoms with Crippen molar-refractivity contribution in [2.75, 3.05) is 7.11 Å². The molecule has 1 atom stereocenters. The van der Waals surface area contributed by atoms with Crippen LogP contribution >= 0.6 is 0 Å². The molecule has 1 aliphatic rings. The van der Waals surface area contributed by atoms with E-state index in [1.54, 1.807) is 7.11 Å². The van der Waals surface area contributed by atoms with Crippen molar-refractivity contribution >= 4 is 23.6 Å². The molecule has 0 aromatic heterocycles. The molecule has 0 spiro atoms. The van der Waals surface area contributed by atoms with Gasteiger partial charge in [-0.1, -0.05) is 0 Å². The predicted molar refractivity (Wildman–Crippen MR) is 130 cm³/mol. The standard InChI is InChI=1S/C28H29OSi.3ClH.Ti/c1-21-20-28(4,23(3)22(21)2)30(25-14-8-6-9-15-25,26-16-10-7-11-17-26)27-18-12-13-24(19-27)29-5;;;;/h6-19H,1-5H3;3*1H;/q;;;;+3/p-3. The van der Waals surface area contributed by atoms with Crippen LogP contribution in [0.4, 0.5) is 0 Å². The number of methoxy groups -OCH3 is 1. The van der Waals surface area contributed by atoms with Crippen molar-refractivity contribution in [1.82, 2.24) is 0 Å². The summed E-state index contributed by atoms with van der Waals surface area (Å²) in [7, 11) is -0.809. The van der Waals surface area contributed by atoms with Gasteiger partial charge in [0.05, 0.1) is 0 Å². The molecule has 0 fully saturated rings. The quantitative estimate of drug-likeness (QED) is 0.228. The molecule has 1 aliphatic carbocycles. The molecule has 6 heteroatoms. The molecule has 0 bridgehead atoms. The molecule has 176 valence electrons. The molecule has 34 heavy (non-hydrogen) atoms. The monoisotopic (exact) mass is 562 g/mol. The number of hydrogen-bond donors (Lipinski definition) is 0. The zero-order valence-electron chi connectivity index (χ0n) is 20.1. The van der Waals surface area contributed by atoms with Gasteiger partial charge in [-0.25, -0.2) is 0 Å². The van der Waals surface area contributed by atoms with Crippen LogP contribution in [0.2, 0.25) is 5.04 Å². The molecule has 1 nitrogen and oxygen atoms in total. The second-order valence-corrected chi connectivity index (χ2v) is 13.6. The van der Waals surface area contributed by atoms with Crippen molar-refractivity contribution in [2.45, 2.75) is 32.7 Å². The van der Waals surface area contributed by atoms with Crippen LogP contribution in [0, 0.1) is 0 Å². The first kappa shape index (κ1) is 30.8. The number of hydrogen-bond acceptors (Lipinski definition) is 1. The molecule has 1 unspecified atom stereocenters. The van der Waals surface area contributed by atoms with Crippen molar-refractivity contribution in [3.63, 3.8) is 0 Å². The fourth-order valence-electron chi connectivity index (χ4n) is 5.47. The van der Waals surface area contributed by atoms with E-state index in [0.717, 1.165) is 5.75 Å². The second-order valence-electron chi connectivity index (χ2n) is 8.59. The fourth-order valence-corrected chi connectivity index (χ4v) is 13.1. The average Bonchev–Trinajstić information content (AvgIpc) is 2.97. The Hall–Kier alpha value is -1.26. The summed E-state index contributed by atoms with van der Waals surface area (Å²) < 4.78 is 7.20. The Kier molecular flexibility index (Phi) is 11.0. The van der Waals surface area contributed by atoms with Gasteiger partial charge in [-0.3, -0.25) is 0 Å². The molecule has 0 saturated carbocycles. The first-order valence-corrected chi connectivity index (χ1v) is 13.5. The molecule has 0 aliphatic heterocycles. The van der Waals surface area contributed by atoms with Gasteiger partial charge in [0.25, 0.3) is 0 Å². The smallest absolute Gasteiger partial charge is 1.00 e. The Balaban J connectivity index is 0.00000193. The summed E-state index contributed by atoms with van der Waals surface area (Å²) in [4.78, 5) is 0. The maximum atomic E-state index is 5.71. The summed E-state index contributed by atoms with van der Waals surface area (Å²) in [5.74, 6) is 0.916. The molecule has 0 heterocycles. The minimum atomic E-state index is -2.57. The average molecular weight is 564 g/mol. The van der Waals surface area contributed by atoms with Crippen LogP contribution in [-0.2, 0) is 20.4 Å². The molecular weight excluding hydrogens is 535 g/mol. The van der Waals surface area contributed by atoms with Gasteiger partial charge >= 0.3 is 200 Å². The number of rotatable bonds is 5. The number of benzene rings is 3. The van der Waals surface area contributed by atoms with Crippen LogP contribution in [0.15, 0.2) is 106 Å². The Morgan fingerprint density at radius 1 is 0.676 bits per heavy atom. The van der Waals surface area contributed by atoms with Crippen molar-refractivity contribution < 1.29 is 62.4 Å². The minimum Gasteiger partial charge on any atom is -1.00 e. The van der Waals surface area contributed by atoms with Crippen LogP contribution in [0.1, 0.15) is 27.7 Å². The maximum Gasteiger partial charge on any atom is -1.00 e. The Morgan fingerprint density at radius 3 is 1.56 bits per heavy atom. The molecule has 3 aromatic carbocycles. The third-order valence-corrected chi connectivity index (χ3v) is 14.9. The van der Waals surface area contributed by atoms with E-state index in [0.29, 0.717) is 0 Å². The van der Waals surface area contributed by atoms with Crippen LogP contribution in [0.25, 0.3) is 0 Å². The van der Waals surface area contributed by atoms with Crippen LogP contribution in [-0.4, -0.2) is 15.2 Å². The Bertz CT molecular complexity index is 1110. The van der Waals surface area contributed by atoms with E-state index in [2.05, 4.69) is 133 Å². The third-order valence-electron chi connectivity index (χ3n) is 7.42. The van der Waals surface area contributed by atoms with E-state index in [9.17, 15) is 0 Å². The van der Waals surface area contributed by atoms with E-state index in [4.69, 9.17) is 4.74 Å². The molecule has 0 amide bonds. The van der Waals surface area contributed by atoms with Crippen LogP contribution in [0.5, 0.6) is 5.75 Å². The molecular formula is C28H29Cl3OSiTi. The van der Waals surface area contributed by atoms with Gasteiger partial charge < -0.3 is 37.2 Å². The maximum absolute atomic E-state index is 5.71. The van der Waals surface area contributed by atoms with Crippen LogP contribution < -0.4 is 57.5 Å². The van der Waals surface area contributed by atoms with Crippen molar-refractivity contribution in [2.24, 2.45) is 0 Å². The van der Waals surface area contributed by atoms with Gasteiger partial charge in [0.1, 0.15) is 0 Å². The number of halogens is 3. The third kappa shape index (κ3) is 4.50. The Morgan fingerprint density at radius 2 is 1.15 bits per heavy atom. The van der Waals surface area contributed by atoms with Crippen molar-refractivity contribution in [3.05, 3.63) is 106 Å². The zero-order chi connectivity index (χ0) is 22.2. The predicted octanol–water partition coefficient (Wildman–Crippen LogP) is -3.89. The summed E-state index contributed by atoms with van der Waals surface area (Å²) in [6, 6.07) is 31.2. The fraction of sp³-hybridized carbons (Fsp3) is 0.214. The first-order valence-electron chi connectivity index (χ1n) is 10.8. The Labute approximate surface area is 235 Å². The van der Waals surface area contributed by atoms with Gasteiger partial charge in [0.15, 0.2) is 0 Å². The first-order chi connectivity index (χ1) is 14.9. The normalized spacial score (nSPS) is 17.5. The molecule has 0 saturated heterocycles. The zero-order valence-corrected chi connectivity index (χ0v) is 25.0. The number of ether oxygens (including phenoxy) is 1. The van der Waals surface area contributed by atoms with Crippen LogP contribution in [0.3, 0.4) is 0 Å². The summed E-state index contributed by atoms with van der Waals surface area (Å²) in [6.07, 6.45) is 0. The van der Waals surface area contributed by atoms with Gasteiger partial charge in [0, 0.05) is 0 Å². The van der Waals surface area contributed by atoms with Crippen molar-refractivity contribution in [1.29, 1.82) is 0 Å². The van der Waals surface area contributed by atoms with Gasteiger partial charge in [-0.15, -0.1) is 0 Å². The van der Waals surface area contributed by atoms with Gasteiger partial charge in [0.2, 0.25) is 0 Å². The second kappa shape index (κ2) is 12.1. The molecule has 3 aromatic rings. The minimum absolute atomic E-state index is 0. The van der Waals surface area contributed by atoms with E-state index in [1.165, 1.54) is 36.2 Å². The molecule has 0 radical (unpaired) electrons. The number of allylic oxidation sites excluding steroid dienone is 4. The van der Waals surface area contributed by atoms with Gasteiger partial charge in [-0.05, 0) is 0 Å². The van der Waals surface area contributed by atoms with E-state index in [1.807, 2.05) is 0 Å². The summed E-state index contributed by atoms with van der Waals surface area (Å²) >= 11 is 2.35. The van der Waals surface area contributed by atoms with E-state index < -0.39 is 8.07 Å². The van der Waals surface area contributed by atoms with Crippen molar-refractivity contribution in [3.8, 4) is 5.75 Å². The molecule has 4 rings (SSSR count). The largest absolute Gasteiger partial charge is 1.00 e.